The summed E-state index contributed by atoms with van der Waals surface area (Å²) in [5.74, 6) is 0.946. The molecule has 0 fully saturated rings. The molecule has 2 rings (SSSR count). The second kappa shape index (κ2) is 6.01. The summed E-state index contributed by atoms with van der Waals surface area (Å²) in [7, 11) is 0. The Morgan fingerprint density at radius 2 is 1.65 bits per heavy atom. The highest BCUT2D eigenvalue weighted by Crippen LogP contribution is 2.38. The Balaban J connectivity index is 2.27. The summed E-state index contributed by atoms with van der Waals surface area (Å²) in [5, 5.41) is 0. The molecular weight excluding hydrogens is 312 g/mol. The average Bonchev–Trinajstić information content (AvgIpc) is 2.38. The first kappa shape index (κ1) is 15.1. The first-order chi connectivity index (χ1) is 9.39. The first-order valence-electron chi connectivity index (χ1n) is 6.86. The van der Waals surface area contributed by atoms with Gasteiger partial charge in [-0.1, -0.05) is 63.2 Å². The van der Waals surface area contributed by atoms with Crippen LogP contribution in [0.15, 0.2) is 46.9 Å². The summed E-state index contributed by atoms with van der Waals surface area (Å²) in [6.07, 6.45) is 0. The Hall–Kier alpha value is -1.28. The quantitative estimate of drug-likeness (QED) is 0.707. The fraction of sp³-hybridized carbons (Fsp3) is 0.333. The van der Waals surface area contributed by atoms with Crippen molar-refractivity contribution in [3.63, 3.8) is 0 Å². The van der Waals surface area contributed by atoms with E-state index in [0.717, 1.165) is 15.8 Å². The molecule has 0 bridgehead atoms. The van der Waals surface area contributed by atoms with Gasteiger partial charge >= 0.3 is 0 Å². The van der Waals surface area contributed by atoms with Crippen LogP contribution in [0.4, 0.5) is 0 Å². The molecule has 0 N–H and O–H groups in total. The number of aryl methyl sites for hydroxylation is 1. The predicted octanol–water partition coefficient (Wildman–Crippen LogP) is 5.63. The van der Waals surface area contributed by atoms with Crippen LogP contribution < -0.4 is 4.74 Å². The van der Waals surface area contributed by atoms with Crippen LogP contribution >= 0.6 is 15.9 Å². The molecule has 106 valence electrons. The lowest BCUT2D eigenvalue weighted by Crippen LogP contribution is -2.13. The normalized spacial score (nSPS) is 11.4. The van der Waals surface area contributed by atoms with Crippen molar-refractivity contribution in [1.29, 1.82) is 0 Å². The van der Waals surface area contributed by atoms with Gasteiger partial charge in [0.15, 0.2) is 0 Å². The Labute approximate surface area is 130 Å². The maximum absolute atomic E-state index is 6.04. The van der Waals surface area contributed by atoms with Crippen molar-refractivity contribution < 1.29 is 4.74 Å². The molecule has 0 aliphatic heterocycles. The van der Waals surface area contributed by atoms with E-state index in [0.29, 0.717) is 6.61 Å². The maximum atomic E-state index is 6.04. The van der Waals surface area contributed by atoms with Crippen molar-refractivity contribution in [3.8, 4) is 5.75 Å². The zero-order chi connectivity index (χ0) is 14.8. The third kappa shape index (κ3) is 3.43. The lowest BCUT2D eigenvalue weighted by Gasteiger charge is -2.23. The van der Waals surface area contributed by atoms with Gasteiger partial charge in [0.25, 0.3) is 0 Å². The Bertz CT molecular complexity index is 582. The van der Waals surface area contributed by atoms with Gasteiger partial charge in [0.1, 0.15) is 12.4 Å². The fourth-order valence-corrected chi connectivity index (χ4v) is 3.29. The summed E-state index contributed by atoms with van der Waals surface area (Å²) in [6, 6.07) is 14.6. The van der Waals surface area contributed by atoms with Crippen LogP contribution in [-0.4, -0.2) is 0 Å². The summed E-state index contributed by atoms with van der Waals surface area (Å²) < 4.78 is 7.11. The van der Waals surface area contributed by atoms with Crippen LogP contribution in [0, 0.1) is 6.92 Å². The van der Waals surface area contributed by atoms with Gasteiger partial charge in [0.2, 0.25) is 0 Å². The Morgan fingerprint density at radius 3 is 2.25 bits per heavy atom. The average molecular weight is 333 g/mol. The van der Waals surface area contributed by atoms with E-state index in [-0.39, 0.29) is 5.41 Å². The predicted molar refractivity (Wildman–Crippen MR) is 88.4 cm³/mol. The molecule has 2 heteroatoms. The molecule has 20 heavy (non-hydrogen) atoms. The zero-order valence-electron chi connectivity index (χ0n) is 12.5. The molecule has 0 aromatic heterocycles. The number of benzene rings is 2. The molecule has 0 radical (unpaired) electrons. The molecule has 0 atom stereocenters. The molecule has 0 saturated heterocycles. The van der Waals surface area contributed by atoms with Crippen LogP contribution in [0.3, 0.4) is 0 Å². The minimum absolute atomic E-state index is 0.0946. The van der Waals surface area contributed by atoms with Crippen LogP contribution in [0.1, 0.15) is 37.5 Å². The van der Waals surface area contributed by atoms with E-state index in [2.05, 4.69) is 67.9 Å². The van der Waals surface area contributed by atoms with Crippen molar-refractivity contribution >= 4 is 15.9 Å². The topological polar surface area (TPSA) is 9.23 Å². The molecule has 0 amide bonds. The standard InChI is InChI=1S/C18H21BrO/c1-13-10-11-15(18(2,3)4)16(19)17(13)20-12-14-8-6-5-7-9-14/h5-11H,12H2,1-4H3. The molecule has 0 aliphatic carbocycles. The van der Waals surface area contributed by atoms with Crippen LogP contribution in [-0.2, 0) is 12.0 Å². The van der Waals surface area contributed by atoms with Gasteiger partial charge < -0.3 is 4.74 Å². The molecule has 1 nitrogen and oxygen atoms in total. The smallest absolute Gasteiger partial charge is 0.137 e. The lowest BCUT2D eigenvalue weighted by molar-refractivity contribution is 0.301. The summed E-state index contributed by atoms with van der Waals surface area (Å²) in [4.78, 5) is 0. The molecule has 2 aromatic rings. The van der Waals surface area contributed by atoms with Gasteiger partial charge in [-0.25, -0.2) is 0 Å². The highest BCUT2D eigenvalue weighted by Gasteiger charge is 2.20. The molecule has 0 saturated carbocycles. The number of ether oxygens (including phenoxy) is 1. The summed E-state index contributed by atoms with van der Waals surface area (Å²) >= 11 is 3.72. The van der Waals surface area contributed by atoms with Crippen molar-refractivity contribution in [1.82, 2.24) is 0 Å². The number of halogens is 1. The second-order valence-electron chi connectivity index (χ2n) is 6.10. The molecule has 0 spiro atoms. The number of hydrogen-bond acceptors (Lipinski definition) is 1. The number of hydrogen-bond donors (Lipinski definition) is 0. The van der Waals surface area contributed by atoms with Crippen molar-refractivity contribution in [3.05, 3.63) is 63.6 Å². The van der Waals surface area contributed by atoms with Gasteiger partial charge in [-0.15, -0.1) is 0 Å². The Morgan fingerprint density at radius 1 is 1.00 bits per heavy atom. The Kier molecular flexibility index (Phi) is 4.54. The minimum Gasteiger partial charge on any atom is -0.487 e. The van der Waals surface area contributed by atoms with Crippen LogP contribution in [0.2, 0.25) is 0 Å². The molecule has 0 unspecified atom stereocenters. The van der Waals surface area contributed by atoms with E-state index in [1.165, 1.54) is 11.1 Å². The minimum atomic E-state index is 0.0946. The second-order valence-corrected chi connectivity index (χ2v) is 6.89. The molecule has 0 heterocycles. The monoisotopic (exact) mass is 332 g/mol. The van der Waals surface area contributed by atoms with Gasteiger partial charge in [0, 0.05) is 0 Å². The number of rotatable bonds is 3. The summed E-state index contributed by atoms with van der Waals surface area (Å²) in [6.45, 7) is 9.31. The maximum Gasteiger partial charge on any atom is 0.137 e. The third-order valence-electron chi connectivity index (χ3n) is 3.33. The molecular formula is C18H21BrO. The van der Waals surface area contributed by atoms with Gasteiger partial charge in [0.05, 0.1) is 4.47 Å². The largest absolute Gasteiger partial charge is 0.487 e. The van der Waals surface area contributed by atoms with Crippen LogP contribution in [0.5, 0.6) is 5.75 Å². The van der Waals surface area contributed by atoms with Crippen molar-refractivity contribution in [2.24, 2.45) is 0 Å². The highest BCUT2D eigenvalue weighted by molar-refractivity contribution is 9.10. The van der Waals surface area contributed by atoms with E-state index in [1.54, 1.807) is 0 Å². The third-order valence-corrected chi connectivity index (χ3v) is 4.12. The lowest BCUT2D eigenvalue weighted by atomic mass is 9.86. The van der Waals surface area contributed by atoms with E-state index in [4.69, 9.17) is 4.74 Å². The summed E-state index contributed by atoms with van der Waals surface area (Å²) in [5.41, 5.74) is 3.70. The molecule has 0 aliphatic rings. The fourth-order valence-electron chi connectivity index (χ4n) is 2.14. The van der Waals surface area contributed by atoms with Gasteiger partial charge in [-0.3, -0.25) is 0 Å². The van der Waals surface area contributed by atoms with Crippen molar-refractivity contribution in [2.75, 3.05) is 0 Å². The zero-order valence-corrected chi connectivity index (χ0v) is 14.1. The molecule has 2 aromatic carbocycles. The van der Waals surface area contributed by atoms with Crippen LogP contribution in [0.25, 0.3) is 0 Å². The van der Waals surface area contributed by atoms with E-state index < -0.39 is 0 Å². The van der Waals surface area contributed by atoms with E-state index >= 15 is 0 Å². The SMILES string of the molecule is Cc1ccc(C(C)(C)C)c(Br)c1OCc1ccccc1. The van der Waals surface area contributed by atoms with Crippen molar-refractivity contribution in [2.45, 2.75) is 39.7 Å². The van der Waals surface area contributed by atoms with Gasteiger partial charge in [-0.2, -0.15) is 0 Å². The highest BCUT2D eigenvalue weighted by atomic mass is 79.9. The first-order valence-corrected chi connectivity index (χ1v) is 7.65. The van der Waals surface area contributed by atoms with E-state index in [9.17, 15) is 0 Å². The van der Waals surface area contributed by atoms with Gasteiger partial charge in [-0.05, 0) is 45.0 Å². The van der Waals surface area contributed by atoms with E-state index in [1.807, 2.05) is 18.2 Å².